The average Bonchev–Trinajstić information content (AvgIpc) is 3.53. The molecule has 212 valence electrons. The third kappa shape index (κ3) is 3.88. The van der Waals surface area contributed by atoms with Gasteiger partial charge in [0.2, 0.25) is 12.7 Å². The van der Waals surface area contributed by atoms with E-state index in [1.165, 1.54) is 88.8 Å². The number of fused-ring (bicyclic) bond motifs is 2. The molecular formula is C38H42N4+2. The molecule has 0 atom stereocenters. The van der Waals surface area contributed by atoms with Crippen LogP contribution in [0.2, 0.25) is 0 Å². The van der Waals surface area contributed by atoms with E-state index in [2.05, 4.69) is 135 Å². The summed E-state index contributed by atoms with van der Waals surface area (Å²) in [4.78, 5) is 0. The van der Waals surface area contributed by atoms with Crippen LogP contribution in [0.4, 0.5) is 0 Å². The Labute approximate surface area is 249 Å². The molecule has 4 aromatic carbocycles. The van der Waals surface area contributed by atoms with Crippen LogP contribution in [0.25, 0.3) is 22.1 Å². The van der Waals surface area contributed by atoms with Gasteiger partial charge in [0.1, 0.15) is 26.2 Å². The van der Waals surface area contributed by atoms with E-state index in [0.717, 1.165) is 26.2 Å². The molecule has 6 aromatic rings. The Bertz CT molecular complexity index is 1720. The van der Waals surface area contributed by atoms with Crippen molar-refractivity contribution in [2.75, 3.05) is 0 Å². The van der Waals surface area contributed by atoms with Crippen molar-refractivity contribution in [1.82, 2.24) is 9.13 Å². The van der Waals surface area contributed by atoms with Crippen molar-refractivity contribution in [3.63, 3.8) is 0 Å². The SMILES string of the molecule is Cc1c(C)c2c(C)c(C)c1Cn1c[n+](c3ccccc31)Cc1c(C)c(C)c(c(C)c1C)Cn1c[n+](c3ccccc31)C2. The number of hydrogen-bond acceptors (Lipinski definition) is 0. The number of aromatic nitrogens is 4. The molecule has 0 fully saturated rings. The molecule has 4 aliphatic rings. The molecule has 0 unspecified atom stereocenters. The summed E-state index contributed by atoms with van der Waals surface area (Å²) in [6.45, 7) is 22.1. The van der Waals surface area contributed by atoms with Crippen molar-refractivity contribution in [2.24, 2.45) is 0 Å². The van der Waals surface area contributed by atoms with Gasteiger partial charge in [0.05, 0.1) is 0 Å². The summed E-state index contributed by atoms with van der Waals surface area (Å²) in [6, 6.07) is 17.8. The van der Waals surface area contributed by atoms with E-state index >= 15 is 0 Å². The standard InChI is InChI=1S/C38H42N4/c1-23-24(2)32-18-40-22-42(38-16-12-11-15-37(38)40)20-34-29(7)27(5)33(28(6)30(34)8)19-41-21-39(17-31(23)25(3)26(32)4)35-13-9-10-14-36(35)41/h9-16,21-22H,17-20H2,1-8H3/q+2. The summed E-state index contributed by atoms with van der Waals surface area (Å²) in [5.41, 5.74) is 22.2. The van der Waals surface area contributed by atoms with Gasteiger partial charge in [0.25, 0.3) is 0 Å². The first-order valence-corrected chi connectivity index (χ1v) is 15.3. The van der Waals surface area contributed by atoms with Crippen molar-refractivity contribution in [1.29, 1.82) is 0 Å². The Balaban J connectivity index is 1.54. The summed E-state index contributed by atoms with van der Waals surface area (Å²) >= 11 is 0. The molecule has 4 heteroatoms. The van der Waals surface area contributed by atoms with Crippen molar-refractivity contribution in [2.45, 2.75) is 81.6 Å². The maximum atomic E-state index is 2.47. The molecule has 4 aliphatic heterocycles. The highest BCUT2D eigenvalue weighted by atomic mass is 15.1. The normalized spacial score (nSPS) is 13.3. The molecule has 8 bridgehead atoms. The lowest BCUT2D eigenvalue weighted by Gasteiger charge is -2.20. The second-order valence-electron chi connectivity index (χ2n) is 12.6. The van der Waals surface area contributed by atoms with Gasteiger partial charge in [-0.25, -0.2) is 18.3 Å². The number of imidazole rings is 2. The summed E-state index contributed by atoms with van der Waals surface area (Å²) < 4.78 is 9.86. The molecule has 42 heavy (non-hydrogen) atoms. The maximum Gasteiger partial charge on any atom is 0.245 e. The minimum atomic E-state index is 0.870. The highest BCUT2D eigenvalue weighted by Gasteiger charge is 2.26. The van der Waals surface area contributed by atoms with Gasteiger partial charge in [-0.15, -0.1) is 0 Å². The average molecular weight is 555 g/mol. The zero-order chi connectivity index (χ0) is 29.4. The lowest BCUT2D eigenvalue weighted by Crippen LogP contribution is -2.34. The maximum absolute atomic E-state index is 2.47. The van der Waals surface area contributed by atoms with Crippen LogP contribution < -0.4 is 9.13 Å². The van der Waals surface area contributed by atoms with Crippen LogP contribution in [0, 0.1) is 55.4 Å². The molecule has 0 radical (unpaired) electrons. The minimum Gasteiger partial charge on any atom is -0.226 e. The van der Waals surface area contributed by atoms with Crippen LogP contribution in [0.5, 0.6) is 0 Å². The third-order valence-corrected chi connectivity index (χ3v) is 10.7. The number of benzene rings is 4. The van der Waals surface area contributed by atoms with Crippen LogP contribution in [0.1, 0.15) is 66.8 Å². The van der Waals surface area contributed by atoms with Crippen LogP contribution in [0.3, 0.4) is 0 Å². The van der Waals surface area contributed by atoms with Gasteiger partial charge < -0.3 is 0 Å². The smallest absolute Gasteiger partial charge is 0.226 e. The number of rotatable bonds is 0. The molecule has 2 aromatic heterocycles. The molecule has 4 nitrogen and oxygen atoms in total. The fourth-order valence-electron chi connectivity index (χ4n) is 7.55. The predicted molar refractivity (Wildman–Crippen MR) is 171 cm³/mol. The zero-order valence-corrected chi connectivity index (χ0v) is 26.4. The van der Waals surface area contributed by atoms with E-state index in [-0.39, 0.29) is 0 Å². The molecule has 0 amide bonds. The molecule has 0 aliphatic carbocycles. The van der Waals surface area contributed by atoms with Crippen LogP contribution >= 0.6 is 0 Å². The van der Waals surface area contributed by atoms with Crippen LogP contribution in [-0.2, 0) is 26.2 Å². The summed E-state index contributed by atoms with van der Waals surface area (Å²) in [5, 5.41) is 0. The Morgan fingerprint density at radius 2 is 0.738 bits per heavy atom. The highest BCUT2D eigenvalue weighted by molar-refractivity contribution is 5.73. The second kappa shape index (κ2) is 9.69. The lowest BCUT2D eigenvalue weighted by atomic mass is 9.88. The van der Waals surface area contributed by atoms with Crippen molar-refractivity contribution < 1.29 is 9.13 Å². The molecule has 0 saturated heterocycles. The van der Waals surface area contributed by atoms with Gasteiger partial charge in [-0.2, -0.15) is 0 Å². The quantitative estimate of drug-likeness (QED) is 0.177. The first-order chi connectivity index (χ1) is 20.2. The summed E-state index contributed by atoms with van der Waals surface area (Å²) in [5.74, 6) is 0. The molecule has 6 heterocycles. The van der Waals surface area contributed by atoms with Crippen molar-refractivity contribution >= 4 is 22.1 Å². The Hall–Kier alpha value is -4.18. The summed E-state index contributed by atoms with van der Waals surface area (Å²) in [7, 11) is 0. The van der Waals surface area contributed by atoms with Gasteiger partial charge in [-0.3, -0.25) is 0 Å². The van der Waals surface area contributed by atoms with Gasteiger partial charge in [0.15, 0.2) is 22.1 Å². The van der Waals surface area contributed by atoms with E-state index in [1.807, 2.05) is 0 Å². The largest absolute Gasteiger partial charge is 0.245 e. The Morgan fingerprint density at radius 1 is 0.429 bits per heavy atom. The fourth-order valence-corrected chi connectivity index (χ4v) is 7.55. The number of hydrogen-bond donors (Lipinski definition) is 0. The summed E-state index contributed by atoms with van der Waals surface area (Å²) in [6.07, 6.45) is 4.71. The number of nitrogens with zero attached hydrogens (tertiary/aromatic N) is 4. The van der Waals surface area contributed by atoms with Crippen LogP contribution in [0.15, 0.2) is 61.2 Å². The Morgan fingerprint density at radius 3 is 1.10 bits per heavy atom. The van der Waals surface area contributed by atoms with Gasteiger partial charge in [0, 0.05) is 0 Å². The number of para-hydroxylation sites is 4. The molecule has 0 spiro atoms. The van der Waals surface area contributed by atoms with Crippen molar-refractivity contribution in [3.8, 4) is 0 Å². The molecular weight excluding hydrogens is 512 g/mol. The molecule has 10 rings (SSSR count). The van der Waals surface area contributed by atoms with Gasteiger partial charge in [-0.1, -0.05) is 24.3 Å². The van der Waals surface area contributed by atoms with Gasteiger partial charge in [-0.05, 0) is 146 Å². The van der Waals surface area contributed by atoms with Crippen molar-refractivity contribution in [3.05, 3.63) is 128 Å². The first-order valence-electron chi connectivity index (χ1n) is 15.3. The zero-order valence-electron chi connectivity index (χ0n) is 26.4. The van der Waals surface area contributed by atoms with Gasteiger partial charge >= 0.3 is 0 Å². The second-order valence-corrected chi connectivity index (χ2v) is 12.6. The van der Waals surface area contributed by atoms with E-state index < -0.39 is 0 Å². The van der Waals surface area contributed by atoms with E-state index in [1.54, 1.807) is 0 Å². The van der Waals surface area contributed by atoms with E-state index in [4.69, 9.17) is 0 Å². The third-order valence-electron chi connectivity index (χ3n) is 10.7. The topological polar surface area (TPSA) is 17.6 Å². The van der Waals surface area contributed by atoms with E-state index in [9.17, 15) is 0 Å². The Kier molecular flexibility index (Phi) is 6.16. The fraction of sp³-hybridized carbons (Fsp3) is 0.316. The van der Waals surface area contributed by atoms with Crippen LogP contribution in [-0.4, -0.2) is 9.13 Å². The highest BCUT2D eigenvalue weighted by Crippen LogP contribution is 2.31. The monoisotopic (exact) mass is 554 g/mol. The molecule has 0 saturated carbocycles. The first kappa shape index (κ1) is 26.7. The van der Waals surface area contributed by atoms with E-state index in [0.29, 0.717) is 0 Å². The predicted octanol–water partition coefficient (Wildman–Crippen LogP) is 7.14. The molecule has 0 N–H and O–H groups in total. The minimum absolute atomic E-state index is 0.870. The lowest BCUT2D eigenvalue weighted by molar-refractivity contribution is -0.663.